The number of hydrogen-bond donors (Lipinski definition) is 2. The van der Waals surface area contributed by atoms with E-state index in [0.717, 1.165) is 12.8 Å². The van der Waals surface area contributed by atoms with Gasteiger partial charge in [-0.25, -0.2) is 0 Å². The summed E-state index contributed by atoms with van der Waals surface area (Å²) in [6.07, 6.45) is 4.23. The minimum atomic E-state index is -3.29. The van der Waals surface area contributed by atoms with Crippen LogP contribution in [0.2, 0.25) is 0 Å². The van der Waals surface area contributed by atoms with E-state index in [4.69, 9.17) is 0 Å². The second kappa shape index (κ2) is 5.22. The van der Waals surface area contributed by atoms with Gasteiger partial charge in [0.25, 0.3) is 10.2 Å². The summed E-state index contributed by atoms with van der Waals surface area (Å²) in [4.78, 5) is 0. The van der Waals surface area contributed by atoms with Crippen molar-refractivity contribution in [1.82, 2.24) is 14.3 Å². The van der Waals surface area contributed by atoms with Gasteiger partial charge >= 0.3 is 0 Å². The largest absolute Gasteiger partial charge is 0.311 e. The van der Waals surface area contributed by atoms with Crippen molar-refractivity contribution in [1.29, 1.82) is 0 Å². The molecule has 2 unspecified atom stereocenters. The average Bonchev–Trinajstić information content (AvgIpc) is 2.58. The van der Waals surface area contributed by atoms with Crippen LogP contribution >= 0.6 is 0 Å². The molecule has 0 aromatic rings. The third-order valence-corrected chi connectivity index (χ3v) is 5.66. The fraction of sp³-hybridized carbons (Fsp3) is 1.00. The molecule has 0 amide bonds. The van der Waals surface area contributed by atoms with Crippen molar-refractivity contribution in [2.75, 3.05) is 13.1 Å². The summed E-state index contributed by atoms with van der Waals surface area (Å²) in [5, 5.41) is 3.51. The summed E-state index contributed by atoms with van der Waals surface area (Å²) < 4.78 is 28.5. The Morgan fingerprint density at radius 3 is 2.18 bits per heavy atom. The lowest BCUT2D eigenvalue weighted by Crippen LogP contribution is -2.51. The molecule has 2 atom stereocenters. The summed E-state index contributed by atoms with van der Waals surface area (Å²) in [7, 11) is -3.29. The van der Waals surface area contributed by atoms with Crippen molar-refractivity contribution < 1.29 is 8.42 Å². The topological polar surface area (TPSA) is 61.4 Å². The van der Waals surface area contributed by atoms with Crippen molar-refractivity contribution >= 4 is 10.2 Å². The van der Waals surface area contributed by atoms with Gasteiger partial charge in [0.1, 0.15) is 0 Å². The van der Waals surface area contributed by atoms with E-state index < -0.39 is 10.2 Å². The van der Waals surface area contributed by atoms with Gasteiger partial charge in [-0.05, 0) is 25.7 Å². The highest BCUT2D eigenvalue weighted by molar-refractivity contribution is 7.87. The van der Waals surface area contributed by atoms with Crippen molar-refractivity contribution in [2.24, 2.45) is 0 Å². The molecule has 0 aromatic carbocycles. The number of nitrogens with one attached hydrogen (secondary N) is 2. The van der Waals surface area contributed by atoms with E-state index in [1.54, 1.807) is 0 Å². The van der Waals surface area contributed by atoms with Gasteiger partial charge in [-0.3, -0.25) is 0 Å². The van der Waals surface area contributed by atoms with Gasteiger partial charge in [-0.2, -0.15) is 17.4 Å². The van der Waals surface area contributed by atoms with Crippen LogP contribution in [-0.4, -0.2) is 43.9 Å². The first-order valence-electron chi connectivity index (χ1n) is 6.58. The second-order valence-corrected chi connectivity index (χ2v) is 6.72. The summed E-state index contributed by atoms with van der Waals surface area (Å²) in [6, 6.07) is 1.13. The Labute approximate surface area is 104 Å². The molecule has 2 fully saturated rings. The maximum Gasteiger partial charge on any atom is 0.279 e. The van der Waals surface area contributed by atoms with E-state index in [1.165, 1.54) is 17.1 Å². The number of nitrogens with zero attached hydrogens (tertiary/aromatic N) is 1. The van der Waals surface area contributed by atoms with Gasteiger partial charge in [0.2, 0.25) is 0 Å². The second-order valence-electron chi connectivity index (χ2n) is 5.01. The number of piperidine rings is 1. The van der Waals surface area contributed by atoms with E-state index in [1.807, 2.05) is 13.8 Å². The summed E-state index contributed by atoms with van der Waals surface area (Å²) in [5.74, 6) is 0. The van der Waals surface area contributed by atoms with Crippen molar-refractivity contribution in [3.63, 3.8) is 0 Å². The molecule has 5 nitrogen and oxygen atoms in total. The summed E-state index contributed by atoms with van der Waals surface area (Å²) in [6.45, 7) is 4.80. The van der Waals surface area contributed by atoms with E-state index >= 15 is 0 Å². The number of rotatable bonds is 5. The minimum absolute atomic E-state index is 0.111. The van der Waals surface area contributed by atoms with Crippen LogP contribution in [-0.2, 0) is 10.2 Å². The molecule has 0 spiro atoms. The quantitative estimate of drug-likeness (QED) is 0.755. The molecule has 100 valence electrons. The molecule has 17 heavy (non-hydrogen) atoms. The van der Waals surface area contributed by atoms with Crippen molar-refractivity contribution in [2.45, 2.75) is 57.7 Å². The third kappa shape index (κ3) is 2.99. The lowest BCUT2D eigenvalue weighted by Gasteiger charge is -2.31. The maximum absolute atomic E-state index is 12.1. The zero-order valence-corrected chi connectivity index (χ0v) is 11.5. The molecular formula is C11H23N3O2S. The Morgan fingerprint density at radius 1 is 1.18 bits per heavy atom. The van der Waals surface area contributed by atoms with Gasteiger partial charge in [0, 0.05) is 31.2 Å². The van der Waals surface area contributed by atoms with Gasteiger partial charge in [-0.15, -0.1) is 0 Å². The number of hydrogen-bond acceptors (Lipinski definition) is 3. The highest BCUT2D eigenvalue weighted by Gasteiger charge is 2.35. The predicted molar refractivity (Wildman–Crippen MR) is 67.9 cm³/mol. The van der Waals surface area contributed by atoms with Crippen LogP contribution in [0, 0.1) is 0 Å². The summed E-state index contributed by atoms with van der Waals surface area (Å²) >= 11 is 0. The molecule has 2 bridgehead atoms. The average molecular weight is 261 g/mol. The van der Waals surface area contributed by atoms with E-state index in [0.29, 0.717) is 25.2 Å². The van der Waals surface area contributed by atoms with Crippen LogP contribution in [0.1, 0.15) is 39.5 Å². The molecule has 6 heteroatoms. The molecule has 0 saturated carbocycles. The van der Waals surface area contributed by atoms with E-state index in [9.17, 15) is 8.42 Å². The van der Waals surface area contributed by atoms with Crippen molar-refractivity contribution in [3.8, 4) is 0 Å². The number of fused-ring (bicyclic) bond motifs is 2. The Kier molecular flexibility index (Phi) is 4.07. The lowest BCUT2D eigenvalue weighted by atomic mass is 10.0. The van der Waals surface area contributed by atoms with Crippen LogP contribution in [0.4, 0.5) is 0 Å². The first kappa shape index (κ1) is 13.3. The monoisotopic (exact) mass is 261 g/mol. The smallest absolute Gasteiger partial charge is 0.279 e. The van der Waals surface area contributed by atoms with Crippen molar-refractivity contribution in [3.05, 3.63) is 0 Å². The van der Waals surface area contributed by atoms with Gasteiger partial charge in [0.15, 0.2) is 0 Å². The Bertz CT molecular complexity index is 342. The normalized spacial score (nSPS) is 33.2. The fourth-order valence-corrected chi connectivity index (χ4v) is 4.44. The van der Waals surface area contributed by atoms with Crippen LogP contribution in [0.25, 0.3) is 0 Å². The molecular weight excluding hydrogens is 238 g/mol. The molecule has 2 aliphatic rings. The molecule has 0 aromatic heterocycles. The molecule has 0 aliphatic carbocycles. The van der Waals surface area contributed by atoms with Crippen LogP contribution in [0.15, 0.2) is 0 Å². The SMILES string of the molecule is CCN(CC)S(=O)(=O)NC1CC2CCC(C1)N2. The Hall–Kier alpha value is -0.170. The highest BCUT2D eigenvalue weighted by Crippen LogP contribution is 2.27. The first-order valence-corrected chi connectivity index (χ1v) is 8.02. The predicted octanol–water partition coefficient (Wildman–Crippen LogP) is 0.446. The molecule has 0 radical (unpaired) electrons. The van der Waals surface area contributed by atoms with E-state index in [-0.39, 0.29) is 6.04 Å². The molecule has 2 saturated heterocycles. The molecule has 2 rings (SSSR count). The third-order valence-electron chi connectivity index (χ3n) is 3.83. The summed E-state index contributed by atoms with van der Waals surface area (Å²) in [5.41, 5.74) is 0. The van der Waals surface area contributed by atoms with Gasteiger partial charge < -0.3 is 5.32 Å². The fourth-order valence-electron chi connectivity index (χ4n) is 3.00. The van der Waals surface area contributed by atoms with Crippen LogP contribution in [0.3, 0.4) is 0 Å². The Balaban J connectivity index is 1.96. The zero-order chi connectivity index (χ0) is 12.5. The Morgan fingerprint density at radius 2 is 1.71 bits per heavy atom. The van der Waals surface area contributed by atoms with Crippen LogP contribution < -0.4 is 10.0 Å². The minimum Gasteiger partial charge on any atom is -0.311 e. The molecule has 2 N–H and O–H groups in total. The zero-order valence-electron chi connectivity index (χ0n) is 10.6. The lowest BCUT2D eigenvalue weighted by molar-refractivity contribution is 0.335. The highest BCUT2D eigenvalue weighted by atomic mass is 32.2. The molecule has 2 heterocycles. The van der Waals surface area contributed by atoms with Gasteiger partial charge in [-0.1, -0.05) is 13.8 Å². The maximum atomic E-state index is 12.1. The van der Waals surface area contributed by atoms with Gasteiger partial charge in [0.05, 0.1) is 0 Å². The van der Waals surface area contributed by atoms with E-state index in [2.05, 4.69) is 10.0 Å². The molecule has 2 aliphatic heterocycles. The standard InChI is InChI=1S/C11H23N3O2S/c1-3-14(4-2)17(15,16)13-11-7-9-5-6-10(8-11)12-9/h9-13H,3-8H2,1-2H3. The van der Waals surface area contributed by atoms with Crippen LogP contribution in [0.5, 0.6) is 0 Å². The first-order chi connectivity index (χ1) is 8.05.